The summed E-state index contributed by atoms with van der Waals surface area (Å²) in [5.41, 5.74) is -1.99. The SMILES string of the molecule is COC(=O)C1(F)CCCC=C1S. The average molecular weight is 190 g/mol. The van der Waals surface area contributed by atoms with Crippen LogP contribution in [-0.4, -0.2) is 18.7 Å². The average Bonchev–Trinajstić information content (AvgIpc) is 2.09. The van der Waals surface area contributed by atoms with Crippen LogP contribution in [0.4, 0.5) is 4.39 Å². The van der Waals surface area contributed by atoms with Crippen LogP contribution < -0.4 is 0 Å². The third-order valence-electron chi connectivity index (χ3n) is 1.98. The highest BCUT2D eigenvalue weighted by Gasteiger charge is 2.43. The largest absolute Gasteiger partial charge is 0.466 e. The number of allylic oxidation sites excluding steroid dienone is 1. The number of halogens is 1. The van der Waals surface area contributed by atoms with E-state index in [1.165, 1.54) is 7.11 Å². The molecular formula is C8H11FO2S. The molecule has 1 atom stereocenters. The summed E-state index contributed by atoms with van der Waals surface area (Å²) in [6.45, 7) is 0. The fraction of sp³-hybridized carbons (Fsp3) is 0.625. The highest BCUT2D eigenvalue weighted by Crippen LogP contribution is 2.35. The lowest BCUT2D eigenvalue weighted by molar-refractivity contribution is -0.152. The van der Waals surface area contributed by atoms with Gasteiger partial charge in [0.15, 0.2) is 0 Å². The number of esters is 1. The van der Waals surface area contributed by atoms with E-state index in [4.69, 9.17) is 0 Å². The first-order chi connectivity index (χ1) is 5.61. The Morgan fingerprint density at radius 1 is 1.83 bits per heavy atom. The minimum atomic E-state index is -1.99. The first-order valence-corrected chi connectivity index (χ1v) is 4.23. The molecule has 0 aliphatic heterocycles. The number of alkyl halides is 1. The lowest BCUT2D eigenvalue weighted by atomic mass is 9.92. The maximum atomic E-state index is 13.7. The van der Waals surface area contributed by atoms with E-state index in [0.29, 0.717) is 6.42 Å². The quantitative estimate of drug-likeness (QED) is 0.504. The summed E-state index contributed by atoms with van der Waals surface area (Å²) in [6.07, 6.45) is 3.25. The molecule has 12 heavy (non-hydrogen) atoms. The smallest absolute Gasteiger partial charge is 0.348 e. The molecule has 0 heterocycles. The van der Waals surface area contributed by atoms with E-state index in [2.05, 4.69) is 17.4 Å². The van der Waals surface area contributed by atoms with Crippen LogP contribution in [0, 0.1) is 0 Å². The fourth-order valence-electron chi connectivity index (χ4n) is 1.24. The zero-order chi connectivity index (χ0) is 9.19. The third kappa shape index (κ3) is 1.48. The van der Waals surface area contributed by atoms with Gasteiger partial charge in [0, 0.05) is 4.91 Å². The number of methoxy groups -OCH3 is 1. The topological polar surface area (TPSA) is 26.3 Å². The van der Waals surface area contributed by atoms with Crippen LogP contribution in [0.1, 0.15) is 19.3 Å². The number of hydrogen-bond acceptors (Lipinski definition) is 3. The van der Waals surface area contributed by atoms with Crippen molar-refractivity contribution >= 4 is 18.6 Å². The van der Waals surface area contributed by atoms with E-state index in [0.717, 1.165) is 6.42 Å². The highest BCUT2D eigenvalue weighted by molar-refractivity contribution is 7.84. The van der Waals surface area contributed by atoms with Crippen molar-refractivity contribution in [1.82, 2.24) is 0 Å². The van der Waals surface area contributed by atoms with Gasteiger partial charge < -0.3 is 4.74 Å². The molecule has 68 valence electrons. The van der Waals surface area contributed by atoms with Crippen molar-refractivity contribution in [3.63, 3.8) is 0 Å². The predicted octanol–water partition coefficient (Wildman–Crippen LogP) is 1.87. The molecule has 1 rings (SSSR count). The van der Waals surface area contributed by atoms with Gasteiger partial charge in [0.25, 0.3) is 0 Å². The molecule has 2 nitrogen and oxygen atoms in total. The maximum absolute atomic E-state index is 13.7. The molecule has 0 fully saturated rings. The van der Waals surface area contributed by atoms with Gasteiger partial charge in [-0.2, -0.15) is 0 Å². The van der Waals surface area contributed by atoms with Crippen molar-refractivity contribution in [2.24, 2.45) is 0 Å². The molecule has 0 aromatic rings. The highest BCUT2D eigenvalue weighted by atomic mass is 32.1. The number of rotatable bonds is 1. The van der Waals surface area contributed by atoms with E-state index in [1.807, 2.05) is 0 Å². The molecule has 0 saturated heterocycles. The van der Waals surface area contributed by atoms with Crippen LogP contribution in [0.2, 0.25) is 0 Å². The van der Waals surface area contributed by atoms with E-state index in [-0.39, 0.29) is 11.3 Å². The van der Waals surface area contributed by atoms with Crippen LogP contribution in [0.15, 0.2) is 11.0 Å². The number of hydrogen-bond donors (Lipinski definition) is 1. The second kappa shape index (κ2) is 3.47. The van der Waals surface area contributed by atoms with E-state index in [9.17, 15) is 9.18 Å². The Balaban J connectivity index is 2.88. The lowest BCUT2D eigenvalue weighted by Crippen LogP contribution is -2.37. The van der Waals surface area contributed by atoms with E-state index in [1.54, 1.807) is 6.08 Å². The Bertz CT molecular complexity index is 227. The third-order valence-corrected chi connectivity index (χ3v) is 2.52. The summed E-state index contributed by atoms with van der Waals surface area (Å²) in [5.74, 6) is -0.844. The molecule has 0 spiro atoms. The van der Waals surface area contributed by atoms with Crippen molar-refractivity contribution in [2.75, 3.05) is 7.11 Å². The van der Waals surface area contributed by atoms with Gasteiger partial charge in [-0.25, -0.2) is 9.18 Å². The summed E-state index contributed by atoms with van der Waals surface area (Å²) in [7, 11) is 1.18. The van der Waals surface area contributed by atoms with Crippen molar-refractivity contribution in [1.29, 1.82) is 0 Å². The molecule has 4 heteroatoms. The summed E-state index contributed by atoms with van der Waals surface area (Å²) in [6, 6.07) is 0. The van der Waals surface area contributed by atoms with Crippen molar-refractivity contribution in [2.45, 2.75) is 24.9 Å². The molecule has 0 aromatic heterocycles. The molecule has 0 aromatic carbocycles. The van der Waals surface area contributed by atoms with E-state index >= 15 is 0 Å². The number of thiol groups is 1. The first-order valence-electron chi connectivity index (χ1n) is 3.78. The summed E-state index contributed by atoms with van der Waals surface area (Å²) in [4.78, 5) is 11.2. The number of carbonyl (C=O) groups excluding carboxylic acids is 1. The van der Waals surface area contributed by atoms with Crippen LogP contribution >= 0.6 is 12.6 Å². The zero-order valence-electron chi connectivity index (χ0n) is 6.84. The number of carbonyl (C=O) groups is 1. The normalized spacial score (nSPS) is 29.4. The van der Waals surface area contributed by atoms with Gasteiger partial charge in [-0.3, -0.25) is 0 Å². The molecule has 0 amide bonds. The van der Waals surface area contributed by atoms with Gasteiger partial charge in [-0.1, -0.05) is 6.08 Å². The second-order valence-corrected chi connectivity index (χ2v) is 3.26. The number of ether oxygens (including phenoxy) is 1. The Morgan fingerprint density at radius 3 is 3.00 bits per heavy atom. The Hall–Kier alpha value is -0.510. The molecule has 0 radical (unpaired) electrons. The molecule has 0 N–H and O–H groups in total. The van der Waals surface area contributed by atoms with Crippen molar-refractivity contribution in [3.05, 3.63) is 11.0 Å². The van der Waals surface area contributed by atoms with E-state index < -0.39 is 11.6 Å². The van der Waals surface area contributed by atoms with Crippen LogP contribution in [0.5, 0.6) is 0 Å². The van der Waals surface area contributed by atoms with Gasteiger partial charge in [0.1, 0.15) is 0 Å². The zero-order valence-corrected chi connectivity index (χ0v) is 7.73. The molecule has 1 aliphatic rings. The second-order valence-electron chi connectivity index (χ2n) is 2.77. The lowest BCUT2D eigenvalue weighted by Gasteiger charge is -2.25. The minimum Gasteiger partial charge on any atom is -0.466 e. The van der Waals surface area contributed by atoms with Gasteiger partial charge in [0.05, 0.1) is 7.11 Å². The fourth-order valence-corrected chi connectivity index (χ4v) is 1.57. The monoisotopic (exact) mass is 190 g/mol. The molecule has 0 saturated carbocycles. The van der Waals surface area contributed by atoms with Gasteiger partial charge >= 0.3 is 5.97 Å². The molecule has 1 unspecified atom stereocenters. The van der Waals surface area contributed by atoms with Crippen molar-refractivity contribution < 1.29 is 13.9 Å². The van der Waals surface area contributed by atoms with Crippen LogP contribution in [0.3, 0.4) is 0 Å². The maximum Gasteiger partial charge on any atom is 0.348 e. The van der Waals surface area contributed by atoms with Gasteiger partial charge in [-0.15, -0.1) is 12.6 Å². The predicted molar refractivity (Wildman–Crippen MR) is 46.8 cm³/mol. The Kier molecular flexibility index (Phi) is 2.77. The molecule has 1 aliphatic carbocycles. The van der Waals surface area contributed by atoms with Gasteiger partial charge in [0.2, 0.25) is 5.67 Å². The summed E-state index contributed by atoms with van der Waals surface area (Å²) >= 11 is 3.92. The summed E-state index contributed by atoms with van der Waals surface area (Å²) < 4.78 is 18.1. The Morgan fingerprint density at radius 2 is 2.50 bits per heavy atom. The Labute approximate surface area is 76.2 Å². The first kappa shape index (κ1) is 9.58. The van der Waals surface area contributed by atoms with Gasteiger partial charge in [-0.05, 0) is 19.3 Å². The molecular weight excluding hydrogens is 179 g/mol. The van der Waals surface area contributed by atoms with Crippen LogP contribution in [0.25, 0.3) is 0 Å². The minimum absolute atomic E-state index is 0.176. The molecule has 0 bridgehead atoms. The standard InChI is InChI=1S/C8H11FO2S/c1-11-7(10)8(9)5-3-2-4-6(8)12/h4,12H,2-3,5H2,1H3. The van der Waals surface area contributed by atoms with Crippen molar-refractivity contribution in [3.8, 4) is 0 Å². The van der Waals surface area contributed by atoms with Crippen LogP contribution in [-0.2, 0) is 9.53 Å². The summed E-state index contributed by atoms with van der Waals surface area (Å²) in [5, 5.41) is 0.